The van der Waals surface area contributed by atoms with Gasteiger partial charge in [0.25, 0.3) is 0 Å². The van der Waals surface area contributed by atoms with Gasteiger partial charge in [0.15, 0.2) is 0 Å². The monoisotopic (exact) mass is 301 g/mol. The molecule has 0 bridgehead atoms. The maximum atomic E-state index is 12.4. The quantitative estimate of drug-likeness (QED) is 0.857. The Hall–Kier alpha value is -1.58. The normalized spacial score (nSPS) is 20.2. The van der Waals surface area contributed by atoms with Crippen LogP contribution < -0.4 is 4.90 Å². The van der Waals surface area contributed by atoms with E-state index in [0.29, 0.717) is 5.91 Å². The highest BCUT2D eigenvalue weighted by molar-refractivity contribution is 5.76. The number of hydrogen-bond acceptors (Lipinski definition) is 3. The molecule has 0 aromatic carbocycles. The van der Waals surface area contributed by atoms with Crippen molar-refractivity contribution < 1.29 is 4.79 Å². The summed E-state index contributed by atoms with van der Waals surface area (Å²) in [7, 11) is 0. The van der Waals surface area contributed by atoms with Gasteiger partial charge in [0.1, 0.15) is 5.82 Å². The minimum atomic E-state index is 0.353. The van der Waals surface area contributed by atoms with Crippen LogP contribution in [0.5, 0.6) is 0 Å². The Morgan fingerprint density at radius 1 is 1.09 bits per heavy atom. The molecule has 4 heteroatoms. The van der Waals surface area contributed by atoms with Crippen LogP contribution in [-0.4, -0.2) is 42.0 Å². The lowest BCUT2D eigenvalue weighted by Crippen LogP contribution is -2.49. The van der Waals surface area contributed by atoms with Crippen molar-refractivity contribution in [2.24, 2.45) is 5.92 Å². The van der Waals surface area contributed by atoms with Gasteiger partial charge >= 0.3 is 0 Å². The van der Waals surface area contributed by atoms with E-state index in [-0.39, 0.29) is 0 Å². The molecule has 22 heavy (non-hydrogen) atoms. The summed E-state index contributed by atoms with van der Waals surface area (Å²) in [5.74, 6) is 2.18. The molecule has 0 atom stereocenters. The molecular weight excluding hydrogens is 274 g/mol. The van der Waals surface area contributed by atoms with E-state index in [2.05, 4.69) is 9.88 Å². The topological polar surface area (TPSA) is 36.4 Å². The third-order valence-corrected chi connectivity index (χ3v) is 5.10. The van der Waals surface area contributed by atoms with Crippen LogP contribution >= 0.6 is 0 Å². The van der Waals surface area contributed by atoms with Gasteiger partial charge in [0, 0.05) is 38.8 Å². The highest BCUT2D eigenvalue weighted by Crippen LogP contribution is 2.27. The highest BCUT2D eigenvalue weighted by atomic mass is 16.2. The van der Waals surface area contributed by atoms with Crippen molar-refractivity contribution in [2.45, 2.75) is 44.9 Å². The summed E-state index contributed by atoms with van der Waals surface area (Å²) in [6.07, 6.45) is 10.5. The number of amides is 1. The maximum Gasteiger partial charge on any atom is 0.222 e. The van der Waals surface area contributed by atoms with Crippen LogP contribution in [0, 0.1) is 5.92 Å². The van der Waals surface area contributed by atoms with E-state index >= 15 is 0 Å². The fraction of sp³-hybridized carbons (Fsp3) is 0.667. The van der Waals surface area contributed by atoms with Gasteiger partial charge in [-0.2, -0.15) is 0 Å². The van der Waals surface area contributed by atoms with E-state index in [1.54, 1.807) is 0 Å². The molecule has 120 valence electrons. The van der Waals surface area contributed by atoms with Crippen LogP contribution in [0.1, 0.15) is 44.9 Å². The SMILES string of the molecule is O=C(CCC1CCCCC1)N1CCN(c2ccccn2)CC1. The van der Waals surface area contributed by atoms with E-state index in [4.69, 9.17) is 0 Å². The average Bonchev–Trinajstić information content (AvgIpc) is 2.61. The van der Waals surface area contributed by atoms with Gasteiger partial charge in [-0.05, 0) is 24.5 Å². The van der Waals surface area contributed by atoms with Gasteiger partial charge in [-0.1, -0.05) is 38.2 Å². The predicted octanol–water partition coefficient (Wildman–Crippen LogP) is 3.09. The summed E-state index contributed by atoms with van der Waals surface area (Å²) in [4.78, 5) is 21.1. The second kappa shape index (κ2) is 7.61. The molecule has 2 fully saturated rings. The van der Waals surface area contributed by atoms with Crippen LogP contribution in [-0.2, 0) is 4.79 Å². The van der Waals surface area contributed by atoms with E-state index < -0.39 is 0 Å². The maximum absolute atomic E-state index is 12.4. The molecular formula is C18H27N3O. The molecule has 2 heterocycles. The lowest BCUT2D eigenvalue weighted by atomic mass is 9.86. The van der Waals surface area contributed by atoms with Crippen LogP contribution in [0.15, 0.2) is 24.4 Å². The summed E-state index contributed by atoms with van der Waals surface area (Å²) < 4.78 is 0. The van der Waals surface area contributed by atoms with Crippen molar-refractivity contribution in [2.75, 3.05) is 31.1 Å². The molecule has 1 amide bonds. The molecule has 1 aliphatic heterocycles. The zero-order valence-electron chi connectivity index (χ0n) is 13.4. The molecule has 4 nitrogen and oxygen atoms in total. The fourth-order valence-electron chi connectivity index (χ4n) is 3.69. The van der Waals surface area contributed by atoms with Gasteiger partial charge in [-0.25, -0.2) is 4.98 Å². The molecule has 1 saturated carbocycles. The van der Waals surface area contributed by atoms with Crippen molar-refractivity contribution in [3.05, 3.63) is 24.4 Å². The van der Waals surface area contributed by atoms with Crippen LogP contribution in [0.2, 0.25) is 0 Å². The molecule has 0 spiro atoms. The van der Waals surface area contributed by atoms with Crippen LogP contribution in [0.3, 0.4) is 0 Å². The van der Waals surface area contributed by atoms with Gasteiger partial charge in [-0.15, -0.1) is 0 Å². The first-order valence-corrected chi connectivity index (χ1v) is 8.77. The summed E-state index contributed by atoms with van der Waals surface area (Å²) in [6, 6.07) is 6.00. The first-order chi connectivity index (χ1) is 10.8. The van der Waals surface area contributed by atoms with E-state index in [9.17, 15) is 4.79 Å². The Bertz CT molecular complexity index is 462. The second-order valence-electron chi connectivity index (χ2n) is 6.60. The smallest absolute Gasteiger partial charge is 0.222 e. The Kier molecular flexibility index (Phi) is 5.30. The van der Waals surface area contributed by atoms with E-state index in [1.165, 1.54) is 32.1 Å². The van der Waals surface area contributed by atoms with Gasteiger partial charge in [0.05, 0.1) is 0 Å². The number of hydrogen-bond donors (Lipinski definition) is 0. The van der Waals surface area contributed by atoms with Gasteiger partial charge in [0.2, 0.25) is 5.91 Å². The second-order valence-corrected chi connectivity index (χ2v) is 6.60. The first kappa shape index (κ1) is 15.3. The number of aromatic nitrogens is 1. The molecule has 0 radical (unpaired) electrons. The molecule has 1 saturated heterocycles. The molecule has 0 unspecified atom stereocenters. The minimum absolute atomic E-state index is 0.353. The molecule has 1 aromatic rings. The van der Waals surface area contributed by atoms with E-state index in [0.717, 1.165) is 50.8 Å². The number of anilines is 1. The number of rotatable bonds is 4. The van der Waals surface area contributed by atoms with Crippen molar-refractivity contribution in [3.63, 3.8) is 0 Å². The summed E-state index contributed by atoms with van der Waals surface area (Å²) >= 11 is 0. The third kappa shape index (κ3) is 3.99. The first-order valence-electron chi connectivity index (χ1n) is 8.77. The van der Waals surface area contributed by atoms with Gasteiger partial charge in [-0.3, -0.25) is 4.79 Å². The lowest BCUT2D eigenvalue weighted by molar-refractivity contribution is -0.131. The zero-order valence-corrected chi connectivity index (χ0v) is 13.4. The molecule has 3 rings (SSSR count). The predicted molar refractivity (Wildman–Crippen MR) is 88.8 cm³/mol. The minimum Gasteiger partial charge on any atom is -0.353 e. The van der Waals surface area contributed by atoms with Crippen molar-refractivity contribution >= 4 is 11.7 Å². The standard InChI is InChI=1S/C18H27N3O/c22-18(10-9-16-6-2-1-3-7-16)21-14-12-20(13-15-21)17-8-4-5-11-19-17/h4-5,8,11,16H,1-3,6-7,9-10,12-15H2. The number of piperazine rings is 1. The van der Waals surface area contributed by atoms with Crippen LogP contribution in [0.4, 0.5) is 5.82 Å². The van der Waals surface area contributed by atoms with Crippen molar-refractivity contribution in [3.8, 4) is 0 Å². The third-order valence-electron chi connectivity index (χ3n) is 5.10. The van der Waals surface area contributed by atoms with Gasteiger partial charge < -0.3 is 9.80 Å². The Morgan fingerprint density at radius 2 is 1.86 bits per heavy atom. The average molecular weight is 301 g/mol. The number of pyridine rings is 1. The van der Waals surface area contributed by atoms with Crippen molar-refractivity contribution in [1.29, 1.82) is 0 Å². The highest BCUT2D eigenvalue weighted by Gasteiger charge is 2.22. The Labute approximate surface area is 133 Å². The summed E-state index contributed by atoms with van der Waals surface area (Å²) in [5.41, 5.74) is 0. The number of nitrogens with zero attached hydrogens (tertiary/aromatic N) is 3. The van der Waals surface area contributed by atoms with Crippen molar-refractivity contribution in [1.82, 2.24) is 9.88 Å². The fourth-order valence-corrected chi connectivity index (χ4v) is 3.69. The largest absolute Gasteiger partial charge is 0.353 e. The molecule has 1 aliphatic carbocycles. The lowest BCUT2D eigenvalue weighted by Gasteiger charge is -2.35. The molecule has 0 N–H and O–H groups in total. The van der Waals surface area contributed by atoms with Crippen LogP contribution in [0.25, 0.3) is 0 Å². The zero-order chi connectivity index (χ0) is 15.2. The number of carbonyl (C=O) groups is 1. The Morgan fingerprint density at radius 3 is 2.55 bits per heavy atom. The van der Waals surface area contributed by atoms with E-state index in [1.807, 2.05) is 29.3 Å². The number of carbonyl (C=O) groups excluding carboxylic acids is 1. The summed E-state index contributed by atoms with van der Waals surface area (Å²) in [6.45, 7) is 3.46. The summed E-state index contributed by atoms with van der Waals surface area (Å²) in [5, 5.41) is 0. The molecule has 1 aromatic heterocycles. The molecule has 2 aliphatic rings. The Balaban J connectivity index is 1.41.